The second-order valence-corrected chi connectivity index (χ2v) is 4.62. The van der Waals surface area contributed by atoms with Crippen molar-refractivity contribution in [1.82, 2.24) is 25.5 Å². The lowest BCUT2D eigenvalue weighted by atomic mass is 10.4. The molecule has 1 atom stereocenters. The van der Waals surface area contributed by atoms with Crippen molar-refractivity contribution in [3.8, 4) is 0 Å². The van der Waals surface area contributed by atoms with Crippen LogP contribution in [0, 0.1) is 0 Å². The largest absolute Gasteiger partial charge is 0.316 e. The first kappa shape index (κ1) is 11.5. The molecule has 1 unspecified atom stereocenters. The molecule has 0 spiro atoms. The molecule has 0 fully saturated rings. The minimum Gasteiger partial charge on any atom is -0.316 e. The average molecular weight is 215 g/mol. The third-order valence-electron chi connectivity index (χ3n) is 1.75. The molecule has 6 heteroatoms. The van der Waals surface area contributed by atoms with Crippen molar-refractivity contribution in [1.29, 1.82) is 0 Å². The van der Waals surface area contributed by atoms with Crippen LogP contribution in [0.25, 0.3) is 0 Å². The highest BCUT2D eigenvalue weighted by Crippen LogP contribution is 2.18. The van der Waals surface area contributed by atoms with Gasteiger partial charge in [0.05, 0.1) is 0 Å². The van der Waals surface area contributed by atoms with Gasteiger partial charge in [-0.2, -0.15) is 0 Å². The Morgan fingerprint density at radius 3 is 2.93 bits per heavy atom. The first-order valence-corrected chi connectivity index (χ1v) is 5.71. The molecule has 1 aromatic rings. The van der Waals surface area contributed by atoms with E-state index in [1.54, 1.807) is 16.4 Å². The van der Waals surface area contributed by atoms with Gasteiger partial charge in [0.25, 0.3) is 0 Å². The van der Waals surface area contributed by atoms with Gasteiger partial charge in [-0.3, -0.25) is 0 Å². The second-order valence-electron chi connectivity index (χ2n) is 3.22. The van der Waals surface area contributed by atoms with Gasteiger partial charge in [-0.25, -0.2) is 4.68 Å². The number of tetrazole rings is 1. The molecule has 0 bridgehead atoms. The standard InChI is InChI=1S/C8H17N5S/c1-4-5-9-6-7(2)14-8-10-11-12-13(8)3/h7,9H,4-6H2,1-3H3. The molecule has 0 saturated heterocycles. The predicted octanol–water partition coefficient (Wildman–Crippen LogP) is 0.690. The molecule has 0 amide bonds. The number of hydrogen-bond donors (Lipinski definition) is 1. The number of thioether (sulfide) groups is 1. The van der Waals surface area contributed by atoms with E-state index in [4.69, 9.17) is 0 Å². The van der Waals surface area contributed by atoms with Crippen LogP contribution in [0.1, 0.15) is 20.3 Å². The number of nitrogens with one attached hydrogen (secondary N) is 1. The van der Waals surface area contributed by atoms with Crippen LogP contribution < -0.4 is 5.32 Å². The molecule has 0 aliphatic rings. The fourth-order valence-corrected chi connectivity index (χ4v) is 1.86. The van der Waals surface area contributed by atoms with Crippen LogP contribution in [0.3, 0.4) is 0 Å². The molecule has 0 aliphatic carbocycles. The summed E-state index contributed by atoms with van der Waals surface area (Å²) in [4.78, 5) is 0. The fourth-order valence-electron chi connectivity index (χ4n) is 1.02. The summed E-state index contributed by atoms with van der Waals surface area (Å²) in [5, 5.41) is 16.0. The van der Waals surface area contributed by atoms with Crippen molar-refractivity contribution < 1.29 is 0 Å². The molecule has 1 aromatic heterocycles. The van der Waals surface area contributed by atoms with Crippen molar-refractivity contribution in [3.05, 3.63) is 0 Å². The van der Waals surface area contributed by atoms with Gasteiger partial charge in [0.15, 0.2) is 0 Å². The maximum Gasteiger partial charge on any atom is 0.209 e. The number of aromatic nitrogens is 4. The Kier molecular flexibility index (Phi) is 4.89. The zero-order valence-electron chi connectivity index (χ0n) is 8.90. The van der Waals surface area contributed by atoms with Gasteiger partial charge < -0.3 is 5.32 Å². The van der Waals surface area contributed by atoms with Crippen molar-refractivity contribution in [2.75, 3.05) is 13.1 Å². The molecule has 0 aliphatic heterocycles. The van der Waals surface area contributed by atoms with Crippen molar-refractivity contribution in [3.63, 3.8) is 0 Å². The van der Waals surface area contributed by atoms with E-state index in [-0.39, 0.29) is 0 Å². The van der Waals surface area contributed by atoms with E-state index in [1.165, 1.54) is 6.42 Å². The predicted molar refractivity (Wildman–Crippen MR) is 57.3 cm³/mol. The third-order valence-corrected chi connectivity index (χ3v) is 2.87. The minimum atomic E-state index is 0.492. The van der Waals surface area contributed by atoms with E-state index >= 15 is 0 Å². The van der Waals surface area contributed by atoms with Gasteiger partial charge in [0, 0.05) is 18.8 Å². The van der Waals surface area contributed by atoms with Crippen molar-refractivity contribution >= 4 is 11.8 Å². The summed E-state index contributed by atoms with van der Waals surface area (Å²) in [6.07, 6.45) is 1.17. The van der Waals surface area contributed by atoms with Crippen LogP contribution in [0.15, 0.2) is 5.16 Å². The minimum absolute atomic E-state index is 0.492. The normalized spacial score (nSPS) is 13.1. The quantitative estimate of drug-likeness (QED) is 0.559. The Morgan fingerprint density at radius 1 is 1.57 bits per heavy atom. The lowest BCUT2D eigenvalue weighted by Crippen LogP contribution is -2.23. The summed E-state index contributed by atoms with van der Waals surface area (Å²) >= 11 is 1.69. The van der Waals surface area contributed by atoms with Crippen LogP contribution in [-0.4, -0.2) is 38.5 Å². The topological polar surface area (TPSA) is 55.6 Å². The zero-order chi connectivity index (χ0) is 10.4. The summed E-state index contributed by atoms with van der Waals surface area (Å²) in [6, 6.07) is 0. The number of hydrogen-bond acceptors (Lipinski definition) is 5. The lowest BCUT2D eigenvalue weighted by molar-refractivity contribution is 0.652. The summed E-state index contributed by atoms with van der Waals surface area (Å²) in [5.41, 5.74) is 0. The molecular weight excluding hydrogens is 198 g/mol. The van der Waals surface area contributed by atoms with Crippen LogP contribution in [0.2, 0.25) is 0 Å². The SMILES string of the molecule is CCCNCC(C)Sc1nnnn1C. The number of rotatable bonds is 6. The van der Waals surface area contributed by atoms with Crippen LogP contribution in [0.5, 0.6) is 0 Å². The highest BCUT2D eigenvalue weighted by Gasteiger charge is 2.08. The molecule has 14 heavy (non-hydrogen) atoms. The monoisotopic (exact) mass is 215 g/mol. The van der Waals surface area contributed by atoms with Gasteiger partial charge in [-0.05, 0) is 23.4 Å². The Bertz CT molecular complexity index is 262. The van der Waals surface area contributed by atoms with Gasteiger partial charge in [0.2, 0.25) is 5.16 Å². The number of aryl methyl sites for hydroxylation is 1. The summed E-state index contributed by atoms with van der Waals surface area (Å²) in [7, 11) is 1.86. The molecule has 1 heterocycles. The Labute approximate surface area is 88.6 Å². The smallest absolute Gasteiger partial charge is 0.209 e. The first-order chi connectivity index (χ1) is 6.74. The van der Waals surface area contributed by atoms with E-state index < -0.39 is 0 Å². The maximum absolute atomic E-state index is 3.92. The molecular formula is C8H17N5S. The second kappa shape index (κ2) is 5.98. The zero-order valence-corrected chi connectivity index (χ0v) is 9.71. The van der Waals surface area contributed by atoms with Crippen LogP contribution >= 0.6 is 11.8 Å². The molecule has 1 N–H and O–H groups in total. The Balaban J connectivity index is 2.27. The lowest BCUT2D eigenvalue weighted by Gasteiger charge is -2.09. The van der Waals surface area contributed by atoms with Crippen LogP contribution in [-0.2, 0) is 7.05 Å². The summed E-state index contributed by atoms with van der Waals surface area (Å²) < 4.78 is 1.70. The molecule has 0 saturated carbocycles. The van der Waals surface area contributed by atoms with E-state index in [9.17, 15) is 0 Å². The molecule has 0 aromatic carbocycles. The molecule has 0 radical (unpaired) electrons. The van der Waals surface area contributed by atoms with Crippen molar-refractivity contribution in [2.45, 2.75) is 30.7 Å². The summed E-state index contributed by atoms with van der Waals surface area (Å²) in [6.45, 7) is 6.40. The first-order valence-electron chi connectivity index (χ1n) is 4.83. The van der Waals surface area contributed by atoms with Gasteiger partial charge in [0.1, 0.15) is 0 Å². The molecule has 80 valence electrons. The van der Waals surface area contributed by atoms with E-state index in [0.717, 1.165) is 18.2 Å². The van der Waals surface area contributed by atoms with Crippen molar-refractivity contribution in [2.24, 2.45) is 7.05 Å². The Morgan fingerprint density at radius 2 is 2.36 bits per heavy atom. The van der Waals surface area contributed by atoms with Crippen LogP contribution in [0.4, 0.5) is 0 Å². The number of nitrogens with zero attached hydrogens (tertiary/aromatic N) is 4. The highest BCUT2D eigenvalue weighted by atomic mass is 32.2. The van der Waals surface area contributed by atoms with E-state index in [0.29, 0.717) is 5.25 Å². The van der Waals surface area contributed by atoms with E-state index in [1.807, 2.05) is 7.05 Å². The Hall–Kier alpha value is -0.620. The highest BCUT2D eigenvalue weighted by molar-refractivity contribution is 7.99. The van der Waals surface area contributed by atoms with E-state index in [2.05, 4.69) is 34.7 Å². The van der Waals surface area contributed by atoms with Gasteiger partial charge in [-0.15, -0.1) is 5.10 Å². The summed E-state index contributed by atoms with van der Waals surface area (Å²) in [5.74, 6) is 0. The maximum atomic E-state index is 3.92. The molecule has 5 nitrogen and oxygen atoms in total. The molecule has 1 rings (SSSR count). The van der Waals surface area contributed by atoms with Gasteiger partial charge in [-0.1, -0.05) is 25.6 Å². The van der Waals surface area contributed by atoms with Gasteiger partial charge >= 0.3 is 0 Å². The average Bonchev–Trinajstić information content (AvgIpc) is 2.52. The third kappa shape index (κ3) is 3.63. The fraction of sp³-hybridized carbons (Fsp3) is 0.875.